The summed E-state index contributed by atoms with van der Waals surface area (Å²) >= 11 is 0. The standard InChI is InChI=1S/C16H21NO2/c1-2-11-19-15-8-6-7-14(12-15)13-16(18)17-9-4-3-5-10-17/h2,6-8,12H,1,3-5,9-11,13H2. The van der Waals surface area contributed by atoms with E-state index >= 15 is 0 Å². The molecule has 19 heavy (non-hydrogen) atoms. The topological polar surface area (TPSA) is 29.5 Å². The van der Waals surface area contributed by atoms with Crippen LogP contribution in [0.2, 0.25) is 0 Å². The Hall–Kier alpha value is -1.77. The summed E-state index contributed by atoms with van der Waals surface area (Å²) in [5.41, 5.74) is 1.01. The van der Waals surface area contributed by atoms with Crippen molar-refractivity contribution in [2.75, 3.05) is 19.7 Å². The fourth-order valence-corrected chi connectivity index (χ4v) is 2.33. The fourth-order valence-electron chi connectivity index (χ4n) is 2.33. The smallest absolute Gasteiger partial charge is 0.226 e. The zero-order valence-electron chi connectivity index (χ0n) is 11.3. The maximum atomic E-state index is 12.2. The molecule has 0 aromatic heterocycles. The number of amides is 1. The maximum Gasteiger partial charge on any atom is 0.226 e. The Morgan fingerprint density at radius 3 is 2.84 bits per heavy atom. The van der Waals surface area contributed by atoms with E-state index < -0.39 is 0 Å². The van der Waals surface area contributed by atoms with Gasteiger partial charge in [-0.2, -0.15) is 0 Å². The second kappa shape index (κ2) is 6.98. The van der Waals surface area contributed by atoms with Gasteiger partial charge in [-0.3, -0.25) is 4.79 Å². The van der Waals surface area contributed by atoms with Crippen LogP contribution in [0.4, 0.5) is 0 Å². The van der Waals surface area contributed by atoms with Crippen LogP contribution in [0.25, 0.3) is 0 Å². The molecule has 102 valence electrons. The number of hydrogen-bond donors (Lipinski definition) is 0. The third-order valence-electron chi connectivity index (χ3n) is 3.33. The second-order valence-electron chi connectivity index (χ2n) is 4.87. The molecule has 0 N–H and O–H groups in total. The molecule has 0 saturated carbocycles. The molecule has 1 heterocycles. The van der Waals surface area contributed by atoms with Crippen molar-refractivity contribution in [2.24, 2.45) is 0 Å². The van der Waals surface area contributed by atoms with Crippen molar-refractivity contribution in [2.45, 2.75) is 25.7 Å². The summed E-state index contributed by atoms with van der Waals surface area (Å²) in [6.45, 7) is 5.93. The van der Waals surface area contributed by atoms with Gasteiger partial charge in [-0.05, 0) is 37.0 Å². The number of hydrogen-bond acceptors (Lipinski definition) is 2. The van der Waals surface area contributed by atoms with Crippen LogP contribution >= 0.6 is 0 Å². The number of piperidine rings is 1. The van der Waals surface area contributed by atoms with Crippen LogP contribution in [0.15, 0.2) is 36.9 Å². The van der Waals surface area contributed by atoms with E-state index in [-0.39, 0.29) is 5.91 Å². The molecule has 0 atom stereocenters. The third-order valence-corrected chi connectivity index (χ3v) is 3.33. The Kier molecular flexibility index (Phi) is 5.01. The highest BCUT2D eigenvalue weighted by Crippen LogP contribution is 2.16. The SMILES string of the molecule is C=CCOc1cccc(CC(=O)N2CCCCC2)c1. The van der Waals surface area contributed by atoms with Gasteiger partial charge in [0, 0.05) is 13.1 Å². The molecular weight excluding hydrogens is 238 g/mol. The molecule has 3 nitrogen and oxygen atoms in total. The van der Waals surface area contributed by atoms with Gasteiger partial charge in [0.15, 0.2) is 0 Å². The van der Waals surface area contributed by atoms with E-state index in [1.165, 1.54) is 6.42 Å². The molecule has 1 aliphatic heterocycles. The van der Waals surface area contributed by atoms with E-state index in [4.69, 9.17) is 4.74 Å². The van der Waals surface area contributed by atoms with Crippen LogP contribution in [-0.4, -0.2) is 30.5 Å². The van der Waals surface area contributed by atoms with Crippen molar-refractivity contribution in [1.29, 1.82) is 0 Å². The minimum absolute atomic E-state index is 0.223. The first kappa shape index (κ1) is 13.7. The van der Waals surface area contributed by atoms with Crippen molar-refractivity contribution in [3.8, 4) is 5.75 Å². The molecule has 1 aromatic rings. The van der Waals surface area contributed by atoms with Gasteiger partial charge in [0.2, 0.25) is 5.91 Å². The lowest BCUT2D eigenvalue weighted by Gasteiger charge is -2.26. The largest absolute Gasteiger partial charge is 0.490 e. The number of carbonyl (C=O) groups is 1. The van der Waals surface area contributed by atoms with Gasteiger partial charge in [0.05, 0.1) is 6.42 Å². The molecule has 1 aliphatic rings. The number of benzene rings is 1. The van der Waals surface area contributed by atoms with Crippen LogP contribution < -0.4 is 4.74 Å². The zero-order valence-corrected chi connectivity index (χ0v) is 11.3. The number of carbonyl (C=O) groups excluding carboxylic acids is 1. The summed E-state index contributed by atoms with van der Waals surface area (Å²) in [4.78, 5) is 14.1. The summed E-state index contributed by atoms with van der Waals surface area (Å²) in [6.07, 6.45) is 5.69. The van der Waals surface area contributed by atoms with Crippen molar-refractivity contribution in [3.05, 3.63) is 42.5 Å². The molecule has 0 spiro atoms. The summed E-state index contributed by atoms with van der Waals surface area (Å²) < 4.78 is 5.48. The van der Waals surface area contributed by atoms with Crippen molar-refractivity contribution in [1.82, 2.24) is 4.90 Å². The average molecular weight is 259 g/mol. The Labute approximate surface area is 114 Å². The van der Waals surface area contributed by atoms with Gasteiger partial charge in [0.25, 0.3) is 0 Å². The van der Waals surface area contributed by atoms with E-state index in [1.807, 2.05) is 29.2 Å². The van der Waals surface area contributed by atoms with E-state index in [1.54, 1.807) is 6.08 Å². The molecular formula is C16H21NO2. The highest BCUT2D eigenvalue weighted by atomic mass is 16.5. The number of likely N-dealkylation sites (tertiary alicyclic amines) is 1. The predicted octanol–water partition coefficient (Wildman–Crippen LogP) is 2.81. The lowest BCUT2D eigenvalue weighted by atomic mass is 10.1. The van der Waals surface area contributed by atoms with Gasteiger partial charge in [-0.15, -0.1) is 0 Å². The van der Waals surface area contributed by atoms with Crippen molar-refractivity contribution in [3.63, 3.8) is 0 Å². The van der Waals surface area contributed by atoms with E-state index in [0.29, 0.717) is 13.0 Å². The Bertz CT molecular complexity index is 436. The van der Waals surface area contributed by atoms with Crippen LogP contribution in [0.3, 0.4) is 0 Å². The first-order valence-corrected chi connectivity index (χ1v) is 6.90. The Morgan fingerprint density at radius 2 is 2.11 bits per heavy atom. The lowest BCUT2D eigenvalue weighted by molar-refractivity contribution is -0.131. The summed E-state index contributed by atoms with van der Waals surface area (Å²) in [5.74, 6) is 1.02. The van der Waals surface area contributed by atoms with Gasteiger partial charge in [-0.1, -0.05) is 24.8 Å². The van der Waals surface area contributed by atoms with Crippen LogP contribution in [0.5, 0.6) is 5.75 Å². The number of nitrogens with zero attached hydrogens (tertiary/aromatic N) is 1. The lowest BCUT2D eigenvalue weighted by Crippen LogP contribution is -2.36. The molecule has 0 aliphatic carbocycles. The predicted molar refractivity (Wildman–Crippen MR) is 76.3 cm³/mol. The molecule has 3 heteroatoms. The minimum Gasteiger partial charge on any atom is -0.490 e. The monoisotopic (exact) mass is 259 g/mol. The molecule has 0 unspecified atom stereocenters. The number of ether oxygens (including phenoxy) is 1. The number of rotatable bonds is 5. The van der Waals surface area contributed by atoms with Gasteiger partial charge < -0.3 is 9.64 Å². The molecule has 0 bridgehead atoms. The first-order valence-electron chi connectivity index (χ1n) is 6.90. The van der Waals surface area contributed by atoms with Crippen LogP contribution in [0.1, 0.15) is 24.8 Å². The van der Waals surface area contributed by atoms with E-state index in [9.17, 15) is 4.79 Å². The Morgan fingerprint density at radius 1 is 1.32 bits per heavy atom. The average Bonchev–Trinajstić information content (AvgIpc) is 2.46. The van der Waals surface area contributed by atoms with E-state index in [0.717, 1.165) is 37.2 Å². The Balaban J connectivity index is 1.93. The maximum absolute atomic E-state index is 12.2. The molecule has 0 radical (unpaired) electrons. The van der Waals surface area contributed by atoms with Crippen LogP contribution in [0, 0.1) is 0 Å². The van der Waals surface area contributed by atoms with Crippen molar-refractivity contribution >= 4 is 5.91 Å². The quantitative estimate of drug-likeness (QED) is 0.761. The molecule has 2 rings (SSSR count). The van der Waals surface area contributed by atoms with E-state index in [2.05, 4.69) is 6.58 Å². The van der Waals surface area contributed by atoms with Crippen molar-refractivity contribution < 1.29 is 9.53 Å². The zero-order chi connectivity index (χ0) is 13.5. The normalized spacial score (nSPS) is 15.1. The van der Waals surface area contributed by atoms with Gasteiger partial charge in [0.1, 0.15) is 12.4 Å². The van der Waals surface area contributed by atoms with Gasteiger partial charge in [-0.25, -0.2) is 0 Å². The molecule has 1 saturated heterocycles. The molecule has 1 amide bonds. The first-order chi connectivity index (χ1) is 9.29. The fraction of sp³-hybridized carbons (Fsp3) is 0.438. The highest BCUT2D eigenvalue weighted by Gasteiger charge is 2.16. The molecule has 1 aromatic carbocycles. The molecule has 1 fully saturated rings. The minimum atomic E-state index is 0.223. The summed E-state index contributed by atoms with van der Waals surface area (Å²) in [6, 6.07) is 7.74. The second-order valence-corrected chi connectivity index (χ2v) is 4.87. The van der Waals surface area contributed by atoms with Crippen LogP contribution in [-0.2, 0) is 11.2 Å². The van der Waals surface area contributed by atoms with Gasteiger partial charge >= 0.3 is 0 Å². The third kappa shape index (κ3) is 4.12. The highest BCUT2D eigenvalue weighted by molar-refractivity contribution is 5.79. The summed E-state index contributed by atoms with van der Waals surface area (Å²) in [7, 11) is 0. The summed E-state index contributed by atoms with van der Waals surface area (Å²) in [5, 5.41) is 0.